The maximum atomic E-state index is 6.18. The monoisotopic (exact) mass is 213 g/mol. The summed E-state index contributed by atoms with van der Waals surface area (Å²) in [5, 5.41) is 0.701. The molecule has 1 rings (SSSR count). The third-order valence-corrected chi connectivity index (χ3v) is 3.88. The Morgan fingerprint density at radius 3 is 2.86 bits per heavy atom. The number of thioether (sulfide) groups is 1. The summed E-state index contributed by atoms with van der Waals surface area (Å²) in [6.07, 6.45) is 8.94. The minimum Gasteiger partial charge on any atom is -0.324 e. The van der Waals surface area contributed by atoms with Crippen molar-refractivity contribution in [3.05, 3.63) is 11.6 Å². The highest BCUT2D eigenvalue weighted by molar-refractivity contribution is 7.99. The molecule has 2 heteroatoms. The molecular weight excluding hydrogens is 190 g/mol. The van der Waals surface area contributed by atoms with Crippen LogP contribution < -0.4 is 5.73 Å². The maximum absolute atomic E-state index is 6.18. The SMILES string of the molecule is CC(C)SCC(N)C1=CCCCCC1. The first kappa shape index (κ1) is 12.1. The van der Waals surface area contributed by atoms with Gasteiger partial charge in [-0.05, 0) is 30.9 Å². The van der Waals surface area contributed by atoms with Gasteiger partial charge in [-0.25, -0.2) is 0 Å². The molecule has 0 heterocycles. The molecule has 1 atom stereocenters. The first-order chi connectivity index (χ1) is 6.70. The molecule has 0 saturated heterocycles. The van der Waals surface area contributed by atoms with Crippen LogP contribution in [-0.2, 0) is 0 Å². The van der Waals surface area contributed by atoms with E-state index < -0.39 is 0 Å². The molecule has 0 aromatic rings. The predicted molar refractivity (Wildman–Crippen MR) is 66.7 cm³/mol. The zero-order valence-corrected chi connectivity index (χ0v) is 10.3. The summed E-state index contributed by atoms with van der Waals surface area (Å²) in [7, 11) is 0. The molecule has 1 aliphatic rings. The second kappa shape index (κ2) is 6.52. The van der Waals surface area contributed by atoms with Gasteiger partial charge in [0.25, 0.3) is 0 Å². The molecule has 14 heavy (non-hydrogen) atoms. The van der Waals surface area contributed by atoms with Crippen molar-refractivity contribution >= 4 is 11.8 Å². The molecule has 1 unspecified atom stereocenters. The molecule has 0 fully saturated rings. The highest BCUT2D eigenvalue weighted by atomic mass is 32.2. The van der Waals surface area contributed by atoms with Crippen LogP contribution in [0.25, 0.3) is 0 Å². The molecule has 2 N–H and O–H groups in total. The highest BCUT2D eigenvalue weighted by Crippen LogP contribution is 2.21. The smallest absolute Gasteiger partial charge is 0.0345 e. The van der Waals surface area contributed by atoms with Gasteiger partial charge in [-0.2, -0.15) is 11.8 Å². The topological polar surface area (TPSA) is 26.0 Å². The molecule has 0 aliphatic heterocycles. The Balaban J connectivity index is 2.33. The molecule has 1 aliphatic carbocycles. The van der Waals surface area contributed by atoms with Crippen molar-refractivity contribution in [2.75, 3.05) is 5.75 Å². The molecule has 1 nitrogen and oxygen atoms in total. The zero-order chi connectivity index (χ0) is 10.4. The third kappa shape index (κ3) is 4.52. The largest absolute Gasteiger partial charge is 0.324 e. The average molecular weight is 213 g/mol. The molecule has 82 valence electrons. The maximum Gasteiger partial charge on any atom is 0.0345 e. The predicted octanol–water partition coefficient (Wildman–Crippen LogP) is 3.35. The second-order valence-electron chi connectivity index (χ2n) is 4.37. The van der Waals surface area contributed by atoms with Crippen LogP contribution in [0.3, 0.4) is 0 Å². The van der Waals surface area contributed by atoms with Crippen molar-refractivity contribution in [1.29, 1.82) is 0 Å². The van der Waals surface area contributed by atoms with Crippen molar-refractivity contribution in [2.24, 2.45) is 5.73 Å². The molecule has 0 aromatic carbocycles. The quantitative estimate of drug-likeness (QED) is 0.725. The van der Waals surface area contributed by atoms with Gasteiger partial charge in [-0.3, -0.25) is 0 Å². The van der Waals surface area contributed by atoms with Crippen LogP contribution in [-0.4, -0.2) is 17.0 Å². The zero-order valence-electron chi connectivity index (χ0n) is 9.46. The van der Waals surface area contributed by atoms with Crippen LogP contribution in [0.2, 0.25) is 0 Å². The van der Waals surface area contributed by atoms with Crippen molar-refractivity contribution in [2.45, 2.75) is 57.2 Å². The fraction of sp³-hybridized carbons (Fsp3) is 0.833. The van der Waals surface area contributed by atoms with Gasteiger partial charge >= 0.3 is 0 Å². The second-order valence-corrected chi connectivity index (χ2v) is 5.98. The van der Waals surface area contributed by atoms with Gasteiger partial charge in [-0.15, -0.1) is 0 Å². The van der Waals surface area contributed by atoms with Crippen LogP contribution in [0.4, 0.5) is 0 Å². The van der Waals surface area contributed by atoms with E-state index in [1.54, 1.807) is 0 Å². The van der Waals surface area contributed by atoms with E-state index in [1.807, 2.05) is 11.8 Å². The molecular formula is C12H23NS. The number of rotatable bonds is 4. The fourth-order valence-corrected chi connectivity index (χ4v) is 2.59. The number of nitrogens with two attached hydrogens (primary N) is 1. The Labute approximate surface area is 92.5 Å². The van der Waals surface area contributed by atoms with Crippen molar-refractivity contribution in [3.63, 3.8) is 0 Å². The summed E-state index contributed by atoms with van der Waals surface area (Å²) < 4.78 is 0. The Morgan fingerprint density at radius 2 is 2.14 bits per heavy atom. The summed E-state index contributed by atoms with van der Waals surface area (Å²) in [4.78, 5) is 0. The number of hydrogen-bond acceptors (Lipinski definition) is 2. The molecule has 0 amide bonds. The van der Waals surface area contributed by atoms with E-state index in [0.29, 0.717) is 11.3 Å². The van der Waals surface area contributed by atoms with Crippen LogP contribution >= 0.6 is 11.8 Å². The van der Waals surface area contributed by atoms with Gasteiger partial charge < -0.3 is 5.73 Å². The van der Waals surface area contributed by atoms with E-state index in [-0.39, 0.29) is 0 Å². The molecule has 0 spiro atoms. The fourth-order valence-electron chi connectivity index (χ4n) is 1.78. The Hall–Kier alpha value is 0.0500. The lowest BCUT2D eigenvalue weighted by Gasteiger charge is -2.16. The lowest BCUT2D eigenvalue weighted by atomic mass is 10.0. The van der Waals surface area contributed by atoms with Crippen LogP contribution in [0.15, 0.2) is 11.6 Å². The Bertz CT molecular complexity index is 187. The third-order valence-electron chi connectivity index (χ3n) is 2.66. The lowest BCUT2D eigenvalue weighted by Crippen LogP contribution is -2.26. The van der Waals surface area contributed by atoms with Crippen molar-refractivity contribution < 1.29 is 0 Å². The van der Waals surface area contributed by atoms with Crippen LogP contribution in [0.5, 0.6) is 0 Å². The van der Waals surface area contributed by atoms with Gasteiger partial charge in [0.05, 0.1) is 0 Å². The number of allylic oxidation sites excluding steroid dienone is 1. The van der Waals surface area contributed by atoms with Crippen LogP contribution in [0.1, 0.15) is 46.0 Å². The van der Waals surface area contributed by atoms with E-state index in [1.165, 1.54) is 37.7 Å². The van der Waals surface area contributed by atoms with Gasteiger partial charge in [0, 0.05) is 11.8 Å². The molecule has 0 saturated carbocycles. The van der Waals surface area contributed by atoms with Gasteiger partial charge in [0.2, 0.25) is 0 Å². The van der Waals surface area contributed by atoms with E-state index in [2.05, 4.69) is 19.9 Å². The van der Waals surface area contributed by atoms with Crippen LogP contribution in [0, 0.1) is 0 Å². The van der Waals surface area contributed by atoms with Gasteiger partial charge in [0.1, 0.15) is 0 Å². The van der Waals surface area contributed by atoms with Crippen molar-refractivity contribution in [1.82, 2.24) is 0 Å². The summed E-state index contributed by atoms with van der Waals surface area (Å²) in [6, 6.07) is 0.306. The van der Waals surface area contributed by atoms with E-state index in [9.17, 15) is 0 Å². The Kier molecular flexibility index (Phi) is 5.64. The highest BCUT2D eigenvalue weighted by Gasteiger charge is 2.11. The molecule has 0 aromatic heterocycles. The summed E-state index contributed by atoms with van der Waals surface area (Å²) in [5.41, 5.74) is 7.69. The van der Waals surface area contributed by atoms with Gasteiger partial charge in [0.15, 0.2) is 0 Å². The lowest BCUT2D eigenvalue weighted by molar-refractivity contribution is 0.693. The average Bonchev–Trinajstić information content (AvgIpc) is 2.42. The minimum atomic E-state index is 0.306. The van der Waals surface area contributed by atoms with E-state index >= 15 is 0 Å². The first-order valence-corrected chi connectivity index (χ1v) is 6.81. The molecule has 0 bridgehead atoms. The number of hydrogen-bond donors (Lipinski definition) is 1. The summed E-state index contributed by atoms with van der Waals surface area (Å²) >= 11 is 1.97. The normalized spacial score (nSPS) is 20.4. The summed E-state index contributed by atoms with van der Waals surface area (Å²) in [5.74, 6) is 1.09. The summed E-state index contributed by atoms with van der Waals surface area (Å²) in [6.45, 7) is 4.47. The molecule has 0 radical (unpaired) electrons. The standard InChI is InChI=1S/C12H23NS/c1-10(2)14-9-12(13)11-7-5-3-4-6-8-11/h7,10,12H,3-6,8-9,13H2,1-2H3. The van der Waals surface area contributed by atoms with E-state index in [4.69, 9.17) is 5.73 Å². The van der Waals surface area contributed by atoms with Crippen molar-refractivity contribution in [3.8, 4) is 0 Å². The Morgan fingerprint density at radius 1 is 1.36 bits per heavy atom. The first-order valence-electron chi connectivity index (χ1n) is 5.76. The van der Waals surface area contributed by atoms with E-state index in [0.717, 1.165) is 5.75 Å². The van der Waals surface area contributed by atoms with Gasteiger partial charge in [-0.1, -0.05) is 31.9 Å². The minimum absolute atomic E-state index is 0.306.